The molecule has 0 aromatic heterocycles. The highest BCUT2D eigenvalue weighted by atomic mass is 14.3. The van der Waals surface area contributed by atoms with Gasteiger partial charge in [0.1, 0.15) is 0 Å². The minimum absolute atomic E-state index is 0.992. The van der Waals surface area contributed by atoms with Gasteiger partial charge < -0.3 is 0 Å². The minimum Gasteiger partial charge on any atom is -0.0856 e. The van der Waals surface area contributed by atoms with Crippen molar-refractivity contribution in [1.29, 1.82) is 0 Å². The van der Waals surface area contributed by atoms with E-state index in [2.05, 4.69) is 26.0 Å². The third-order valence-electron chi connectivity index (χ3n) is 4.02. The fourth-order valence-corrected chi connectivity index (χ4v) is 3.29. The molecule has 0 amide bonds. The predicted molar refractivity (Wildman–Crippen MR) is 66.8 cm³/mol. The summed E-state index contributed by atoms with van der Waals surface area (Å²) in [6.45, 7) is 4.61. The zero-order valence-electron chi connectivity index (χ0n) is 10.3. The Labute approximate surface area is 94.5 Å². The Morgan fingerprint density at radius 3 is 1.80 bits per heavy atom. The smallest absolute Gasteiger partial charge is 0.0294 e. The van der Waals surface area contributed by atoms with Gasteiger partial charge in [-0.1, -0.05) is 23.3 Å². The molecule has 0 heteroatoms. The van der Waals surface area contributed by atoms with Crippen LogP contribution in [-0.4, -0.2) is 0 Å². The summed E-state index contributed by atoms with van der Waals surface area (Å²) < 4.78 is 0. The van der Waals surface area contributed by atoms with Crippen LogP contribution in [0, 0.1) is 11.8 Å². The van der Waals surface area contributed by atoms with Crippen LogP contribution in [0.25, 0.3) is 0 Å². The molecule has 84 valence electrons. The molecule has 0 bridgehead atoms. The van der Waals surface area contributed by atoms with E-state index in [9.17, 15) is 0 Å². The SMILES string of the molecule is CC1=CCCC(CC2CCC=C(C)C2)C1. The molecule has 0 saturated heterocycles. The lowest BCUT2D eigenvalue weighted by Crippen LogP contribution is -2.14. The van der Waals surface area contributed by atoms with E-state index in [1.165, 1.54) is 44.9 Å². The van der Waals surface area contributed by atoms with E-state index in [0.29, 0.717) is 0 Å². The number of allylic oxidation sites excluding steroid dienone is 4. The van der Waals surface area contributed by atoms with Crippen molar-refractivity contribution in [2.75, 3.05) is 0 Å². The Bertz CT molecular complexity index is 242. The van der Waals surface area contributed by atoms with E-state index in [0.717, 1.165) is 11.8 Å². The molecule has 2 unspecified atom stereocenters. The van der Waals surface area contributed by atoms with Crippen LogP contribution >= 0.6 is 0 Å². The second kappa shape index (κ2) is 5.01. The van der Waals surface area contributed by atoms with E-state index in [-0.39, 0.29) is 0 Å². The van der Waals surface area contributed by atoms with Gasteiger partial charge in [-0.25, -0.2) is 0 Å². The predicted octanol–water partition coefficient (Wildman–Crippen LogP) is 4.87. The molecule has 0 aliphatic heterocycles. The average Bonchev–Trinajstić information content (AvgIpc) is 2.17. The molecule has 0 fully saturated rings. The maximum absolute atomic E-state index is 2.43. The monoisotopic (exact) mass is 204 g/mol. The van der Waals surface area contributed by atoms with Crippen molar-refractivity contribution in [1.82, 2.24) is 0 Å². The fourth-order valence-electron chi connectivity index (χ4n) is 3.29. The number of rotatable bonds is 2. The van der Waals surface area contributed by atoms with Crippen molar-refractivity contribution in [2.45, 2.75) is 58.8 Å². The van der Waals surface area contributed by atoms with Crippen LogP contribution in [0.15, 0.2) is 23.3 Å². The molecule has 2 atom stereocenters. The highest BCUT2D eigenvalue weighted by Crippen LogP contribution is 2.34. The first-order chi connectivity index (χ1) is 7.24. The van der Waals surface area contributed by atoms with Crippen LogP contribution in [0.4, 0.5) is 0 Å². The van der Waals surface area contributed by atoms with Crippen LogP contribution in [0.1, 0.15) is 58.8 Å². The standard InChI is InChI=1S/C15H24/c1-12-5-3-7-14(9-12)11-15-8-4-6-13(2)10-15/h5-6,14-15H,3-4,7-11H2,1-2H3. The molecule has 0 nitrogen and oxygen atoms in total. The van der Waals surface area contributed by atoms with Crippen molar-refractivity contribution in [3.63, 3.8) is 0 Å². The first-order valence-electron chi connectivity index (χ1n) is 6.55. The van der Waals surface area contributed by atoms with E-state index in [4.69, 9.17) is 0 Å². The maximum atomic E-state index is 2.43. The summed E-state index contributed by atoms with van der Waals surface area (Å²) in [7, 11) is 0. The van der Waals surface area contributed by atoms with E-state index >= 15 is 0 Å². The van der Waals surface area contributed by atoms with Crippen LogP contribution in [0.2, 0.25) is 0 Å². The van der Waals surface area contributed by atoms with Crippen molar-refractivity contribution in [3.05, 3.63) is 23.3 Å². The topological polar surface area (TPSA) is 0 Å². The molecule has 2 aliphatic carbocycles. The van der Waals surface area contributed by atoms with Gasteiger partial charge in [-0.3, -0.25) is 0 Å². The zero-order valence-corrected chi connectivity index (χ0v) is 10.3. The highest BCUT2D eigenvalue weighted by Gasteiger charge is 2.20. The Morgan fingerprint density at radius 1 is 0.933 bits per heavy atom. The quantitative estimate of drug-likeness (QED) is 0.563. The number of hydrogen-bond acceptors (Lipinski definition) is 0. The summed E-state index contributed by atoms with van der Waals surface area (Å²) in [5.41, 5.74) is 3.27. The molecule has 15 heavy (non-hydrogen) atoms. The van der Waals surface area contributed by atoms with Gasteiger partial charge in [0.15, 0.2) is 0 Å². The van der Waals surface area contributed by atoms with Crippen LogP contribution in [-0.2, 0) is 0 Å². The molecule has 0 saturated carbocycles. The molecule has 0 radical (unpaired) electrons. The second-order valence-corrected chi connectivity index (χ2v) is 5.63. The van der Waals surface area contributed by atoms with Gasteiger partial charge in [-0.2, -0.15) is 0 Å². The lowest BCUT2D eigenvalue weighted by Gasteiger charge is -2.28. The maximum Gasteiger partial charge on any atom is -0.0294 e. The van der Waals surface area contributed by atoms with Crippen molar-refractivity contribution < 1.29 is 0 Å². The Hall–Kier alpha value is -0.520. The minimum atomic E-state index is 0.992. The van der Waals surface area contributed by atoms with Gasteiger partial charge in [-0.05, 0) is 70.6 Å². The van der Waals surface area contributed by atoms with Gasteiger partial charge in [0.25, 0.3) is 0 Å². The van der Waals surface area contributed by atoms with Crippen LogP contribution in [0.5, 0.6) is 0 Å². The summed E-state index contributed by atoms with van der Waals surface area (Å²) >= 11 is 0. The third kappa shape index (κ3) is 3.22. The lowest BCUT2D eigenvalue weighted by molar-refractivity contribution is 0.320. The first kappa shape index (κ1) is 11.0. The second-order valence-electron chi connectivity index (χ2n) is 5.63. The molecular weight excluding hydrogens is 180 g/mol. The first-order valence-corrected chi connectivity index (χ1v) is 6.55. The highest BCUT2D eigenvalue weighted by molar-refractivity contribution is 5.06. The molecule has 0 aromatic carbocycles. The van der Waals surface area contributed by atoms with Gasteiger partial charge >= 0.3 is 0 Å². The summed E-state index contributed by atoms with van der Waals surface area (Å²) in [5, 5.41) is 0. The molecule has 0 N–H and O–H groups in total. The Morgan fingerprint density at radius 2 is 1.40 bits per heavy atom. The van der Waals surface area contributed by atoms with E-state index in [1.54, 1.807) is 11.1 Å². The molecule has 0 spiro atoms. The van der Waals surface area contributed by atoms with Crippen molar-refractivity contribution in [2.24, 2.45) is 11.8 Å². The van der Waals surface area contributed by atoms with E-state index < -0.39 is 0 Å². The molecule has 0 heterocycles. The zero-order chi connectivity index (χ0) is 10.7. The largest absolute Gasteiger partial charge is 0.0856 e. The summed E-state index contributed by atoms with van der Waals surface area (Å²) in [5.74, 6) is 1.98. The Kier molecular flexibility index (Phi) is 3.66. The fraction of sp³-hybridized carbons (Fsp3) is 0.733. The van der Waals surface area contributed by atoms with Gasteiger partial charge in [0, 0.05) is 0 Å². The summed E-state index contributed by atoms with van der Waals surface area (Å²) in [4.78, 5) is 0. The van der Waals surface area contributed by atoms with Crippen LogP contribution in [0.3, 0.4) is 0 Å². The lowest BCUT2D eigenvalue weighted by atomic mass is 9.78. The molecule has 2 rings (SSSR count). The van der Waals surface area contributed by atoms with E-state index in [1.807, 2.05) is 0 Å². The third-order valence-corrected chi connectivity index (χ3v) is 4.02. The molecule has 0 aromatic rings. The molecule has 2 aliphatic rings. The number of hydrogen-bond donors (Lipinski definition) is 0. The van der Waals surface area contributed by atoms with Crippen molar-refractivity contribution >= 4 is 0 Å². The van der Waals surface area contributed by atoms with Crippen LogP contribution < -0.4 is 0 Å². The van der Waals surface area contributed by atoms with Crippen molar-refractivity contribution in [3.8, 4) is 0 Å². The van der Waals surface area contributed by atoms with Gasteiger partial charge in [0.2, 0.25) is 0 Å². The normalized spacial score (nSPS) is 32.1. The molecular formula is C15H24. The summed E-state index contributed by atoms with van der Waals surface area (Å²) in [6.07, 6.45) is 14.6. The summed E-state index contributed by atoms with van der Waals surface area (Å²) in [6, 6.07) is 0. The van der Waals surface area contributed by atoms with Gasteiger partial charge in [0.05, 0.1) is 0 Å². The van der Waals surface area contributed by atoms with Gasteiger partial charge in [-0.15, -0.1) is 0 Å². The Balaban J connectivity index is 1.82. The average molecular weight is 204 g/mol.